The van der Waals surface area contributed by atoms with Crippen LogP contribution in [0.5, 0.6) is 0 Å². The van der Waals surface area contributed by atoms with Crippen LogP contribution in [-0.2, 0) is 52.3 Å². The summed E-state index contributed by atoms with van der Waals surface area (Å²) in [6, 6.07) is 0. The molecule has 3 saturated heterocycles. The van der Waals surface area contributed by atoms with E-state index >= 15 is 4.79 Å². The van der Waals surface area contributed by atoms with E-state index < -0.39 is 147 Å². The third-order valence-electron chi connectivity index (χ3n) is 20.1. The second-order valence-corrected chi connectivity index (χ2v) is 24.6. The van der Waals surface area contributed by atoms with Crippen molar-refractivity contribution in [1.82, 2.24) is 0 Å². The van der Waals surface area contributed by atoms with Crippen LogP contribution in [0.4, 0.5) is 0 Å². The number of hydrogen-bond donors (Lipinski definition) is 10. The van der Waals surface area contributed by atoms with Gasteiger partial charge in [-0.2, -0.15) is 0 Å². The van der Waals surface area contributed by atoms with E-state index in [-0.39, 0.29) is 46.0 Å². The fraction of sp³-hybridized carbons (Fsp3) is 0.904. The van der Waals surface area contributed by atoms with Crippen LogP contribution >= 0.6 is 0 Å². The van der Waals surface area contributed by atoms with E-state index in [1.54, 1.807) is 0 Å². The van der Waals surface area contributed by atoms with Crippen molar-refractivity contribution < 1.29 is 103 Å². The van der Waals surface area contributed by atoms with Gasteiger partial charge in [-0.3, -0.25) is 14.4 Å². The first-order valence-corrected chi connectivity index (χ1v) is 26.2. The number of carbonyl (C=O) groups is 3. The quantitative estimate of drug-likeness (QED) is 0.0542. The van der Waals surface area contributed by atoms with Gasteiger partial charge in [0, 0.05) is 5.41 Å². The summed E-state index contributed by atoms with van der Waals surface area (Å²) in [7, 11) is 1.21. The van der Waals surface area contributed by atoms with Crippen LogP contribution in [0, 0.1) is 50.2 Å². The summed E-state index contributed by atoms with van der Waals surface area (Å²) in [4.78, 5) is 39.6. The van der Waals surface area contributed by atoms with Gasteiger partial charge in [0.25, 0.3) is 0 Å². The maximum Gasteiger partial charge on any atom is 0.317 e. The fourth-order valence-corrected chi connectivity index (χ4v) is 15.3. The fourth-order valence-electron chi connectivity index (χ4n) is 15.3. The summed E-state index contributed by atoms with van der Waals surface area (Å²) in [5, 5.41) is 108. The first-order chi connectivity index (χ1) is 34.1. The van der Waals surface area contributed by atoms with Gasteiger partial charge in [-0.1, -0.05) is 53.2 Å². The molecule has 0 aromatic rings. The molecule has 4 saturated carbocycles. The number of ether oxygens (including phenoxy) is 8. The van der Waals surface area contributed by atoms with Crippen molar-refractivity contribution in [2.24, 2.45) is 50.2 Å². The zero-order valence-corrected chi connectivity index (χ0v) is 43.4. The van der Waals surface area contributed by atoms with Crippen LogP contribution < -0.4 is 0 Å². The smallest absolute Gasteiger partial charge is 0.317 e. The van der Waals surface area contributed by atoms with Crippen LogP contribution in [0.15, 0.2) is 11.6 Å². The molecule has 7 fully saturated rings. The summed E-state index contributed by atoms with van der Waals surface area (Å²) < 4.78 is 45.2. The van der Waals surface area contributed by atoms with E-state index in [2.05, 4.69) is 45.4 Å². The van der Waals surface area contributed by atoms with E-state index in [0.29, 0.717) is 38.5 Å². The molecule has 5 aliphatic carbocycles. The maximum atomic E-state index is 15.1. The molecule has 8 aliphatic rings. The van der Waals surface area contributed by atoms with Gasteiger partial charge in [0.2, 0.25) is 6.29 Å². The zero-order chi connectivity index (χ0) is 53.5. The molecule has 0 aromatic heterocycles. The molecule has 0 amide bonds. The molecule has 3 aliphatic heterocycles. The highest BCUT2D eigenvalue weighted by molar-refractivity contribution is 5.91. The average Bonchev–Trinajstić information content (AvgIpc) is 3.34. The number of hydrogen-bond acceptors (Lipinski definition) is 21. The molecular formula is C52H82O21. The van der Waals surface area contributed by atoms with Crippen LogP contribution in [0.3, 0.4) is 0 Å². The predicted octanol–water partition coefficient (Wildman–Crippen LogP) is 0.255. The second kappa shape index (κ2) is 20.7. The molecule has 416 valence electrons. The van der Waals surface area contributed by atoms with Gasteiger partial charge in [-0.05, 0) is 111 Å². The Morgan fingerprint density at radius 2 is 1.33 bits per heavy atom. The van der Waals surface area contributed by atoms with E-state index in [4.69, 9.17) is 33.2 Å². The lowest BCUT2D eigenvalue weighted by molar-refractivity contribution is -0.361. The Bertz CT molecular complexity index is 2050. The Kier molecular flexibility index (Phi) is 16.1. The van der Waals surface area contributed by atoms with Crippen LogP contribution in [0.2, 0.25) is 0 Å². The molecule has 3 heterocycles. The lowest BCUT2D eigenvalue weighted by Gasteiger charge is -2.71. The number of aliphatic hydroxyl groups excluding tert-OH is 10. The highest BCUT2D eigenvalue weighted by Gasteiger charge is 2.70. The van der Waals surface area contributed by atoms with Crippen molar-refractivity contribution in [3.63, 3.8) is 0 Å². The summed E-state index contributed by atoms with van der Waals surface area (Å²) in [5.41, 5.74) is -1.52. The molecule has 0 aromatic carbocycles. The molecule has 10 N–H and O–H groups in total. The standard InChI is InChI=1S/C52H82O21/c1-24-34(57)36(59)39(62)44(69-24)72-42-27(21-53)70-43(41(64)38(42)61)67-22-28-35(58)37(60)40(63)45(71-28)73-46(65)52-17-15-47(2,3)20-26(52)25-9-10-30-48(4)13-12-31(54)49(5,23-68-33(56)19-32(55)66-8)29(48)11-14-51(30,7)50(25,6)16-18-52/h9,24,26-31,34-45,53-54,57-64H,10-23H2,1-8H3. The van der Waals surface area contributed by atoms with Crippen molar-refractivity contribution >= 4 is 17.9 Å². The SMILES string of the molecule is COC(=O)CC(=O)OCC1(C)C(O)CCC2(C)C1CCC1(C)C2CC=C2C3CC(C)(C)CCC3(C(=O)OC3OC(COC4OC(CO)C(OC5OC(C)C(O)C(O)C5O)C(O)C4O)C(O)C(O)C3O)CCC21C. The van der Waals surface area contributed by atoms with Crippen molar-refractivity contribution in [3.8, 4) is 0 Å². The minimum absolute atomic E-state index is 0.00845. The van der Waals surface area contributed by atoms with Gasteiger partial charge in [-0.15, -0.1) is 0 Å². The van der Waals surface area contributed by atoms with Crippen molar-refractivity contribution in [2.45, 2.75) is 217 Å². The minimum atomic E-state index is -1.87. The first kappa shape index (κ1) is 56.7. The number of carbonyl (C=O) groups excluding carboxylic acids is 3. The van der Waals surface area contributed by atoms with Crippen molar-refractivity contribution in [3.05, 3.63) is 11.6 Å². The Balaban J connectivity index is 0.973. The van der Waals surface area contributed by atoms with E-state index in [1.807, 2.05) is 6.92 Å². The van der Waals surface area contributed by atoms with Crippen LogP contribution in [0.1, 0.15) is 119 Å². The zero-order valence-electron chi connectivity index (χ0n) is 43.4. The molecule has 0 spiro atoms. The molecule has 21 nitrogen and oxygen atoms in total. The maximum absolute atomic E-state index is 15.1. The van der Waals surface area contributed by atoms with Crippen molar-refractivity contribution in [1.29, 1.82) is 0 Å². The monoisotopic (exact) mass is 1040 g/mol. The van der Waals surface area contributed by atoms with Crippen molar-refractivity contribution in [2.75, 3.05) is 26.9 Å². The summed E-state index contributed by atoms with van der Waals surface area (Å²) >= 11 is 0. The molecule has 8 rings (SSSR count). The average molecular weight is 1040 g/mol. The largest absolute Gasteiger partial charge is 0.469 e. The van der Waals surface area contributed by atoms with E-state index in [1.165, 1.54) is 19.6 Å². The second-order valence-electron chi connectivity index (χ2n) is 24.6. The third-order valence-corrected chi connectivity index (χ3v) is 20.1. The van der Waals surface area contributed by atoms with Gasteiger partial charge in [0.15, 0.2) is 12.6 Å². The van der Waals surface area contributed by atoms with Crippen LogP contribution in [0.25, 0.3) is 0 Å². The highest BCUT2D eigenvalue weighted by atomic mass is 16.8. The molecule has 0 bridgehead atoms. The van der Waals surface area contributed by atoms with Gasteiger partial charge in [-0.25, -0.2) is 0 Å². The number of fused-ring (bicyclic) bond motifs is 7. The predicted molar refractivity (Wildman–Crippen MR) is 251 cm³/mol. The summed E-state index contributed by atoms with van der Waals surface area (Å²) in [6.45, 7) is 13.4. The Labute approximate surface area is 426 Å². The number of methoxy groups -OCH3 is 1. The van der Waals surface area contributed by atoms with Gasteiger partial charge in [0.05, 0.1) is 44.6 Å². The van der Waals surface area contributed by atoms with Gasteiger partial charge < -0.3 is 89.0 Å². The molecule has 0 radical (unpaired) electrons. The van der Waals surface area contributed by atoms with Gasteiger partial charge in [0.1, 0.15) is 73.6 Å². The number of rotatable bonds is 12. The summed E-state index contributed by atoms with van der Waals surface area (Å²) in [6.07, 6.45) is -16.7. The van der Waals surface area contributed by atoms with E-state index in [9.17, 15) is 60.7 Å². The van der Waals surface area contributed by atoms with E-state index in [0.717, 1.165) is 25.7 Å². The molecule has 24 atom stereocenters. The Hall–Kier alpha value is -2.45. The Morgan fingerprint density at radius 3 is 2.01 bits per heavy atom. The molecule has 24 unspecified atom stereocenters. The van der Waals surface area contributed by atoms with Gasteiger partial charge >= 0.3 is 17.9 Å². The topological polar surface area (TPSA) is 327 Å². The molecule has 21 heteroatoms. The number of allylic oxidation sites excluding steroid dienone is 2. The van der Waals surface area contributed by atoms with Crippen LogP contribution in [-0.4, -0.2) is 194 Å². The molecule has 73 heavy (non-hydrogen) atoms. The Morgan fingerprint density at radius 1 is 0.685 bits per heavy atom. The lowest BCUT2D eigenvalue weighted by atomic mass is 9.33. The number of esters is 3. The summed E-state index contributed by atoms with van der Waals surface area (Å²) in [5.74, 6) is -2.03. The first-order valence-electron chi connectivity index (χ1n) is 26.2. The highest BCUT2D eigenvalue weighted by Crippen LogP contribution is 2.76. The molecular weight excluding hydrogens is 961 g/mol. The lowest BCUT2D eigenvalue weighted by Crippen LogP contribution is -2.66. The minimum Gasteiger partial charge on any atom is -0.469 e. The normalized spacial score (nSPS) is 50.4. The third kappa shape index (κ3) is 9.63. The number of aliphatic hydroxyl groups is 10.